The smallest absolute Gasteiger partial charge is 0.339 e. The number of aromatic carboxylic acids is 1. The van der Waals surface area contributed by atoms with Gasteiger partial charge in [-0.1, -0.05) is 4.89 Å². The summed E-state index contributed by atoms with van der Waals surface area (Å²) in [6.45, 7) is 0. The molecule has 0 aromatic heterocycles. The van der Waals surface area contributed by atoms with Crippen molar-refractivity contribution in [3.05, 3.63) is 23.8 Å². The third kappa shape index (κ3) is 2.30. The molecule has 1 aromatic carbocycles. The van der Waals surface area contributed by atoms with Crippen LogP contribution in [0.15, 0.2) is 23.1 Å². The number of sulfonamides is 1. The van der Waals surface area contributed by atoms with E-state index in [0.29, 0.717) is 0 Å². The molecule has 0 heterocycles. The standard InChI is InChI=1S/C8H9NO6S/c1-15-7-3-2-5(16(13,14)9-12)4-6(7)8(10)11/h2-4,9,12H,1H3,(H,10,11). The topological polar surface area (TPSA) is 113 Å². The zero-order valence-corrected chi connectivity index (χ0v) is 8.98. The summed E-state index contributed by atoms with van der Waals surface area (Å²) < 4.78 is 27.1. The molecule has 0 amide bonds. The highest BCUT2D eigenvalue weighted by Crippen LogP contribution is 2.22. The maximum Gasteiger partial charge on any atom is 0.339 e. The van der Waals surface area contributed by atoms with Crippen molar-refractivity contribution in [2.45, 2.75) is 4.90 Å². The van der Waals surface area contributed by atoms with E-state index in [2.05, 4.69) is 0 Å². The van der Waals surface area contributed by atoms with Crippen LogP contribution in [0.2, 0.25) is 0 Å². The Balaban J connectivity index is 3.39. The normalized spacial score (nSPS) is 11.1. The molecule has 0 bridgehead atoms. The number of carboxylic acids is 1. The number of nitrogens with one attached hydrogen (secondary N) is 1. The fraction of sp³-hybridized carbons (Fsp3) is 0.125. The number of methoxy groups -OCH3 is 1. The Labute approximate surface area is 91.3 Å². The molecule has 0 aliphatic carbocycles. The van der Waals surface area contributed by atoms with E-state index in [4.69, 9.17) is 15.1 Å². The summed E-state index contributed by atoms with van der Waals surface area (Å²) in [6, 6.07) is 3.19. The molecule has 0 saturated carbocycles. The average Bonchev–Trinajstić information content (AvgIpc) is 2.28. The molecule has 1 rings (SSSR count). The van der Waals surface area contributed by atoms with Gasteiger partial charge in [-0.3, -0.25) is 0 Å². The van der Waals surface area contributed by atoms with Crippen LogP contribution in [0, 0.1) is 0 Å². The lowest BCUT2D eigenvalue weighted by atomic mass is 10.2. The van der Waals surface area contributed by atoms with Gasteiger partial charge in [0.2, 0.25) is 0 Å². The van der Waals surface area contributed by atoms with E-state index in [-0.39, 0.29) is 16.2 Å². The Morgan fingerprint density at radius 2 is 2.06 bits per heavy atom. The fourth-order valence-corrected chi connectivity index (χ4v) is 1.70. The van der Waals surface area contributed by atoms with Gasteiger partial charge >= 0.3 is 5.97 Å². The first kappa shape index (κ1) is 12.4. The van der Waals surface area contributed by atoms with Crippen molar-refractivity contribution in [1.82, 2.24) is 4.89 Å². The molecule has 0 radical (unpaired) electrons. The number of hydrogen-bond donors (Lipinski definition) is 3. The Morgan fingerprint density at radius 1 is 1.44 bits per heavy atom. The molecule has 0 aliphatic rings. The Bertz CT molecular complexity index is 509. The molecule has 0 aliphatic heterocycles. The molecule has 0 atom stereocenters. The van der Waals surface area contributed by atoms with E-state index in [9.17, 15) is 13.2 Å². The van der Waals surface area contributed by atoms with Crippen LogP contribution in [0.4, 0.5) is 0 Å². The quantitative estimate of drug-likeness (QED) is 0.648. The number of carbonyl (C=O) groups is 1. The Morgan fingerprint density at radius 3 is 2.50 bits per heavy atom. The molecule has 7 nitrogen and oxygen atoms in total. The number of rotatable bonds is 4. The minimum Gasteiger partial charge on any atom is -0.496 e. The third-order valence-corrected chi connectivity index (χ3v) is 2.95. The van der Waals surface area contributed by atoms with Crippen LogP contribution in [-0.2, 0) is 10.0 Å². The maximum atomic E-state index is 11.2. The van der Waals surface area contributed by atoms with Gasteiger partial charge in [-0.05, 0) is 18.2 Å². The summed E-state index contributed by atoms with van der Waals surface area (Å²) in [7, 11) is -2.83. The molecular formula is C8H9NO6S. The Hall–Kier alpha value is -1.64. The van der Waals surface area contributed by atoms with Gasteiger partial charge in [0.1, 0.15) is 11.3 Å². The van der Waals surface area contributed by atoms with Gasteiger partial charge in [-0.15, -0.1) is 0 Å². The van der Waals surface area contributed by atoms with Crippen LogP contribution >= 0.6 is 0 Å². The predicted molar refractivity (Wildman–Crippen MR) is 52.1 cm³/mol. The second-order valence-corrected chi connectivity index (χ2v) is 4.42. The first-order valence-corrected chi connectivity index (χ1v) is 5.48. The van der Waals surface area contributed by atoms with Crippen molar-refractivity contribution in [3.8, 4) is 5.75 Å². The first-order valence-electron chi connectivity index (χ1n) is 3.99. The minimum absolute atomic E-state index is 0.0318. The van der Waals surface area contributed by atoms with Crippen molar-refractivity contribution in [3.63, 3.8) is 0 Å². The van der Waals surface area contributed by atoms with Gasteiger partial charge in [-0.2, -0.15) is 0 Å². The van der Waals surface area contributed by atoms with E-state index in [1.54, 1.807) is 0 Å². The molecule has 0 fully saturated rings. The van der Waals surface area contributed by atoms with E-state index in [0.717, 1.165) is 17.0 Å². The van der Waals surface area contributed by atoms with Gasteiger partial charge < -0.3 is 15.1 Å². The lowest BCUT2D eigenvalue weighted by molar-refractivity contribution is 0.0693. The van der Waals surface area contributed by atoms with E-state index in [1.165, 1.54) is 13.2 Å². The number of carboxylic acid groups (broad SMARTS) is 1. The number of ether oxygens (including phenoxy) is 1. The van der Waals surface area contributed by atoms with Crippen LogP contribution in [0.1, 0.15) is 10.4 Å². The van der Waals surface area contributed by atoms with Crippen molar-refractivity contribution in [2.24, 2.45) is 0 Å². The zero-order chi connectivity index (χ0) is 12.3. The van der Waals surface area contributed by atoms with Gasteiger partial charge in [0, 0.05) is 0 Å². The highest BCUT2D eigenvalue weighted by molar-refractivity contribution is 7.89. The third-order valence-electron chi connectivity index (χ3n) is 1.83. The molecule has 0 spiro atoms. The molecule has 1 aromatic rings. The molecule has 0 saturated heterocycles. The van der Waals surface area contributed by atoms with Crippen molar-refractivity contribution in [2.75, 3.05) is 7.11 Å². The largest absolute Gasteiger partial charge is 0.496 e. The number of hydrogen-bond acceptors (Lipinski definition) is 5. The zero-order valence-electron chi connectivity index (χ0n) is 8.17. The van der Waals surface area contributed by atoms with Crippen molar-refractivity contribution >= 4 is 16.0 Å². The van der Waals surface area contributed by atoms with Crippen molar-refractivity contribution in [1.29, 1.82) is 0 Å². The molecule has 0 unspecified atom stereocenters. The van der Waals surface area contributed by atoms with Crippen LogP contribution in [-0.4, -0.2) is 31.8 Å². The second-order valence-electron chi connectivity index (χ2n) is 2.76. The predicted octanol–water partition coefficient (Wildman–Crippen LogP) is 0.0609. The van der Waals surface area contributed by atoms with E-state index < -0.39 is 16.0 Å². The fourth-order valence-electron chi connectivity index (χ4n) is 1.07. The van der Waals surface area contributed by atoms with Gasteiger partial charge in [-0.25, -0.2) is 13.2 Å². The molecule has 3 N–H and O–H groups in total. The summed E-state index contributed by atoms with van der Waals surface area (Å²) >= 11 is 0. The van der Waals surface area contributed by atoms with Gasteiger partial charge in [0.25, 0.3) is 10.0 Å². The maximum absolute atomic E-state index is 11.2. The minimum atomic E-state index is -4.09. The second kappa shape index (κ2) is 4.47. The summed E-state index contributed by atoms with van der Waals surface area (Å²) in [5.74, 6) is -1.30. The summed E-state index contributed by atoms with van der Waals surface area (Å²) in [5, 5.41) is 17.2. The molecule has 8 heteroatoms. The molecule has 88 valence electrons. The lowest BCUT2D eigenvalue weighted by Gasteiger charge is -2.07. The Kier molecular flexibility index (Phi) is 3.48. The van der Waals surface area contributed by atoms with Gasteiger partial charge in [0.15, 0.2) is 0 Å². The van der Waals surface area contributed by atoms with Crippen LogP contribution < -0.4 is 9.62 Å². The highest BCUT2D eigenvalue weighted by atomic mass is 32.2. The monoisotopic (exact) mass is 247 g/mol. The summed E-state index contributed by atoms with van der Waals surface area (Å²) in [5.41, 5.74) is -0.307. The number of benzene rings is 1. The van der Waals surface area contributed by atoms with Crippen LogP contribution in [0.25, 0.3) is 0 Å². The van der Waals surface area contributed by atoms with Crippen LogP contribution in [0.3, 0.4) is 0 Å². The summed E-state index contributed by atoms with van der Waals surface area (Å²) in [6.07, 6.45) is 0. The highest BCUT2D eigenvalue weighted by Gasteiger charge is 2.18. The van der Waals surface area contributed by atoms with E-state index >= 15 is 0 Å². The molecular weight excluding hydrogens is 238 g/mol. The summed E-state index contributed by atoms with van der Waals surface area (Å²) in [4.78, 5) is 11.5. The van der Waals surface area contributed by atoms with E-state index in [1.807, 2.05) is 0 Å². The average molecular weight is 247 g/mol. The molecule has 16 heavy (non-hydrogen) atoms. The SMILES string of the molecule is COc1ccc(S(=O)(=O)NO)cc1C(=O)O. The first-order chi connectivity index (χ1) is 7.42. The van der Waals surface area contributed by atoms with Gasteiger partial charge in [0.05, 0.1) is 12.0 Å². The van der Waals surface area contributed by atoms with Crippen LogP contribution in [0.5, 0.6) is 5.75 Å². The van der Waals surface area contributed by atoms with Crippen molar-refractivity contribution < 1.29 is 28.3 Å². The lowest BCUT2D eigenvalue weighted by Crippen LogP contribution is -2.19.